The first kappa shape index (κ1) is 18.4. The molecule has 0 spiro atoms. The molecule has 1 saturated heterocycles. The summed E-state index contributed by atoms with van der Waals surface area (Å²) in [5.74, 6) is 0.379. The number of aliphatic imine (C=N–C) groups is 1. The molecule has 4 rings (SSSR count). The molecule has 0 saturated carbocycles. The van der Waals surface area contributed by atoms with E-state index < -0.39 is 30.6 Å². The number of nitrogens with zero attached hydrogens (tertiary/aromatic N) is 3. The average Bonchev–Trinajstić information content (AvgIpc) is 3.15. The van der Waals surface area contributed by atoms with Gasteiger partial charge in [0.2, 0.25) is 0 Å². The second-order valence-electron chi connectivity index (χ2n) is 6.27. The Bertz CT molecular complexity index is 802. The third kappa shape index (κ3) is 3.72. The Morgan fingerprint density at radius 2 is 2.04 bits per heavy atom. The van der Waals surface area contributed by atoms with Gasteiger partial charge in [-0.05, 0) is 12.1 Å². The third-order valence-corrected chi connectivity index (χ3v) is 5.16. The van der Waals surface area contributed by atoms with Crippen LogP contribution in [0.1, 0.15) is 18.0 Å². The van der Waals surface area contributed by atoms with Crippen LogP contribution in [0, 0.1) is 0 Å². The van der Waals surface area contributed by atoms with Crippen LogP contribution in [0.4, 0.5) is 5.82 Å². The lowest BCUT2D eigenvalue weighted by atomic mass is 10.1. The topological polar surface area (TPSA) is 121 Å². The summed E-state index contributed by atoms with van der Waals surface area (Å²) < 4.78 is 12.9. The van der Waals surface area contributed by atoms with Gasteiger partial charge in [0.25, 0.3) is 0 Å². The fraction of sp³-hybridized carbons (Fsp3) is 0.412. The fourth-order valence-electron chi connectivity index (χ4n) is 3.03. The van der Waals surface area contributed by atoms with Gasteiger partial charge >= 0.3 is 0 Å². The van der Waals surface area contributed by atoms with Gasteiger partial charge in [-0.2, -0.15) is 0 Å². The highest BCUT2D eigenvalue weighted by Crippen LogP contribution is 2.36. The highest BCUT2D eigenvalue weighted by Gasteiger charge is 2.45. The lowest BCUT2D eigenvalue weighted by Crippen LogP contribution is -2.33. The molecular formula is C17H20N4O5S. The summed E-state index contributed by atoms with van der Waals surface area (Å²) in [6.07, 6.45) is -1.81. The van der Waals surface area contributed by atoms with E-state index in [0.717, 1.165) is 4.90 Å². The number of ether oxygens (including phenoxy) is 1. The minimum Gasteiger partial charge on any atom is -0.387 e. The summed E-state index contributed by atoms with van der Waals surface area (Å²) in [6, 6.07) is 9.54. The summed E-state index contributed by atoms with van der Waals surface area (Å²) in [5, 5.41) is 33.7. The van der Waals surface area contributed by atoms with E-state index in [4.69, 9.17) is 8.92 Å². The SMILES string of the molecule is O[C@@H]1[C@H](O)C(COSc2ccccc2)O[C@H]1n1cnc2c1N=CNC[C@H]2O. The van der Waals surface area contributed by atoms with Gasteiger partial charge in [0, 0.05) is 23.5 Å². The number of benzene rings is 1. The van der Waals surface area contributed by atoms with Crippen LogP contribution in [-0.2, 0) is 8.92 Å². The van der Waals surface area contributed by atoms with Gasteiger partial charge in [-0.1, -0.05) is 18.2 Å². The normalized spacial score (nSPS) is 30.0. The number of aliphatic hydroxyl groups is 3. The van der Waals surface area contributed by atoms with Crippen LogP contribution in [0.2, 0.25) is 0 Å². The predicted octanol–water partition coefficient (Wildman–Crippen LogP) is 0.523. The molecule has 3 heterocycles. The van der Waals surface area contributed by atoms with Crippen molar-refractivity contribution < 1.29 is 24.2 Å². The lowest BCUT2D eigenvalue weighted by Gasteiger charge is -2.17. The van der Waals surface area contributed by atoms with Crippen molar-refractivity contribution >= 4 is 24.2 Å². The smallest absolute Gasteiger partial charge is 0.165 e. The second kappa shape index (κ2) is 7.97. The van der Waals surface area contributed by atoms with Gasteiger partial charge in [-0.25, -0.2) is 9.98 Å². The van der Waals surface area contributed by atoms with Gasteiger partial charge in [0.1, 0.15) is 30.1 Å². The fourth-order valence-corrected chi connectivity index (χ4v) is 3.64. The van der Waals surface area contributed by atoms with Gasteiger partial charge in [-0.15, -0.1) is 0 Å². The molecule has 4 N–H and O–H groups in total. The zero-order valence-electron chi connectivity index (χ0n) is 14.3. The molecule has 5 atom stereocenters. The number of imidazole rings is 1. The van der Waals surface area contributed by atoms with Crippen molar-refractivity contribution in [3.8, 4) is 0 Å². The predicted molar refractivity (Wildman–Crippen MR) is 97.5 cm³/mol. The Morgan fingerprint density at radius 3 is 2.85 bits per heavy atom. The molecule has 27 heavy (non-hydrogen) atoms. The molecule has 1 aromatic carbocycles. The van der Waals surface area contributed by atoms with Crippen molar-refractivity contribution in [1.29, 1.82) is 0 Å². The van der Waals surface area contributed by atoms with Crippen molar-refractivity contribution in [2.75, 3.05) is 13.2 Å². The highest BCUT2D eigenvalue weighted by molar-refractivity contribution is 7.94. The minimum absolute atomic E-state index is 0.0959. The largest absolute Gasteiger partial charge is 0.387 e. The number of β-amino-alcohol motifs (C(OH)–C–C–N with tert-alkyl or cyclic N) is 1. The third-order valence-electron chi connectivity index (χ3n) is 4.44. The molecule has 0 bridgehead atoms. The summed E-state index contributed by atoms with van der Waals surface area (Å²) in [5.41, 5.74) is 0.390. The standard InChI is InChI=1S/C17H20N4O5S/c22-11-6-18-8-19-16-13(11)20-9-21(16)17-15(24)14(23)12(26-17)7-25-27-10-4-2-1-3-5-10/h1-5,8-9,11-12,14-15,17,22-24H,6-7H2,(H,18,19)/t11-,12?,14-,15-,17-/m1/s1. The number of nitrogens with one attached hydrogen (secondary N) is 1. The molecule has 1 unspecified atom stereocenters. The summed E-state index contributed by atoms with van der Waals surface area (Å²) in [6.45, 7) is 0.385. The second-order valence-corrected chi connectivity index (χ2v) is 7.14. The average molecular weight is 392 g/mol. The van der Waals surface area contributed by atoms with E-state index in [-0.39, 0.29) is 13.2 Å². The molecule has 2 aliphatic heterocycles. The van der Waals surface area contributed by atoms with Crippen LogP contribution in [0.15, 0.2) is 46.5 Å². The van der Waals surface area contributed by atoms with Gasteiger partial charge < -0.3 is 29.6 Å². The maximum atomic E-state index is 10.4. The van der Waals surface area contributed by atoms with Gasteiger partial charge in [0.05, 0.1) is 19.3 Å². The first-order valence-electron chi connectivity index (χ1n) is 8.52. The zero-order valence-corrected chi connectivity index (χ0v) is 15.1. The highest BCUT2D eigenvalue weighted by atomic mass is 32.2. The van der Waals surface area contributed by atoms with Gasteiger partial charge in [0.15, 0.2) is 12.0 Å². The molecular weight excluding hydrogens is 372 g/mol. The molecule has 1 fully saturated rings. The molecule has 9 nitrogen and oxygen atoms in total. The van der Waals surface area contributed by atoms with Crippen molar-refractivity contribution in [3.63, 3.8) is 0 Å². The Balaban J connectivity index is 1.45. The van der Waals surface area contributed by atoms with Crippen LogP contribution in [0.3, 0.4) is 0 Å². The summed E-state index contributed by atoms with van der Waals surface area (Å²) in [4.78, 5) is 9.33. The molecule has 2 aromatic rings. The van der Waals surface area contributed by atoms with E-state index in [0.29, 0.717) is 11.5 Å². The first-order chi connectivity index (χ1) is 13.1. The van der Waals surface area contributed by atoms with E-state index in [9.17, 15) is 15.3 Å². The van der Waals surface area contributed by atoms with Gasteiger partial charge in [-0.3, -0.25) is 4.57 Å². The summed E-state index contributed by atoms with van der Waals surface area (Å²) in [7, 11) is 0. The number of aromatic nitrogens is 2. The first-order valence-corrected chi connectivity index (χ1v) is 9.26. The molecule has 2 aliphatic rings. The van der Waals surface area contributed by atoms with Crippen LogP contribution < -0.4 is 5.32 Å². The zero-order chi connectivity index (χ0) is 18.8. The van der Waals surface area contributed by atoms with Crippen LogP contribution in [-0.4, -0.2) is 62.7 Å². The van der Waals surface area contributed by atoms with Crippen molar-refractivity contribution in [1.82, 2.24) is 14.9 Å². The number of hydrogen-bond donors (Lipinski definition) is 4. The molecule has 0 amide bonds. The molecule has 144 valence electrons. The Morgan fingerprint density at radius 1 is 1.22 bits per heavy atom. The van der Waals surface area contributed by atoms with E-state index in [1.807, 2.05) is 30.3 Å². The Kier molecular flexibility index (Phi) is 5.43. The Labute approximate surface area is 159 Å². The van der Waals surface area contributed by atoms with Crippen molar-refractivity contribution in [3.05, 3.63) is 42.4 Å². The van der Waals surface area contributed by atoms with Crippen molar-refractivity contribution in [2.24, 2.45) is 4.99 Å². The number of rotatable bonds is 5. The number of hydrogen-bond acceptors (Lipinski definition) is 9. The van der Waals surface area contributed by atoms with Crippen molar-refractivity contribution in [2.45, 2.75) is 35.5 Å². The molecule has 0 aliphatic carbocycles. The van der Waals surface area contributed by atoms with E-state index >= 15 is 0 Å². The lowest BCUT2D eigenvalue weighted by molar-refractivity contribution is -0.0464. The number of fused-ring (bicyclic) bond motifs is 1. The van der Waals surface area contributed by atoms with E-state index in [1.165, 1.54) is 29.3 Å². The van der Waals surface area contributed by atoms with E-state index in [1.54, 1.807) is 0 Å². The summed E-state index contributed by atoms with van der Waals surface area (Å²) >= 11 is 1.18. The molecule has 1 aromatic heterocycles. The quantitative estimate of drug-likeness (QED) is 0.544. The van der Waals surface area contributed by atoms with E-state index in [2.05, 4.69) is 15.3 Å². The van der Waals surface area contributed by atoms with Crippen LogP contribution >= 0.6 is 12.0 Å². The number of aliphatic hydroxyl groups excluding tert-OH is 3. The minimum atomic E-state index is -1.18. The molecule has 10 heteroatoms. The maximum Gasteiger partial charge on any atom is 0.165 e. The maximum absolute atomic E-state index is 10.4. The monoisotopic (exact) mass is 392 g/mol. The Hall–Kier alpha value is -1.95. The van der Waals surface area contributed by atoms with Crippen LogP contribution in [0.25, 0.3) is 0 Å². The van der Waals surface area contributed by atoms with Crippen LogP contribution in [0.5, 0.6) is 0 Å². The molecule has 0 radical (unpaired) electrons.